The Morgan fingerprint density at radius 2 is 1.33 bits per heavy atom. The normalized spacial score (nSPS) is 15.5. The van der Waals surface area contributed by atoms with Gasteiger partial charge in [0.2, 0.25) is 0 Å². The monoisotopic (exact) mass is 634 g/mol. The van der Waals surface area contributed by atoms with E-state index in [2.05, 4.69) is 83.2 Å². The Morgan fingerprint density at radius 3 is 1.96 bits per heavy atom. The predicted molar refractivity (Wildman–Crippen MR) is 211 cm³/mol. The molecule has 0 aromatic heterocycles. The first-order valence-electron chi connectivity index (χ1n) is 20.0. The van der Waals surface area contributed by atoms with E-state index >= 15 is 0 Å². The van der Waals surface area contributed by atoms with Crippen LogP contribution in [-0.4, -0.2) is 25.0 Å². The second-order valence-electron chi connectivity index (χ2n) is 15.0. The summed E-state index contributed by atoms with van der Waals surface area (Å²) in [5.74, 6) is 0.704. The van der Waals surface area contributed by atoms with Gasteiger partial charge in [-0.05, 0) is 156 Å². The van der Waals surface area contributed by atoms with Crippen molar-refractivity contribution >= 4 is 0 Å². The van der Waals surface area contributed by atoms with Crippen LogP contribution in [0.4, 0.5) is 0 Å². The Kier molecular flexibility index (Phi) is 27.2. The molecule has 0 saturated heterocycles. The fourth-order valence-electron chi connectivity index (χ4n) is 6.74. The second-order valence-corrected chi connectivity index (χ2v) is 15.0. The van der Waals surface area contributed by atoms with Crippen LogP contribution < -0.4 is 0 Å². The lowest BCUT2D eigenvalue weighted by Gasteiger charge is -2.25. The molecule has 1 unspecified atom stereocenters. The smallest absolute Gasteiger partial charge is 0.00187 e. The number of rotatable bonds is 30. The lowest BCUT2D eigenvalue weighted by molar-refractivity contribution is 0.322. The molecule has 0 radical (unpaired) electrons. The Bertz CT molecular complexity index is 892. The summed E-state index contributed by atoms with van der Waals surface area (Å²) in [6.45, 7) is 20.2. The minimum Gasteiger partial charge on any atom is -0.306 e. The fraction of sp³-hybridized carbons (Fsp3) is 0.733. The summed E-state index contributed by atoms with van der Waals surface area (Å²) in [7, 11) is 2.29. The standard InChI is InChI=1S/C45H79N/c1-8-9-10-11-12-13-14-15-16-17-18-19-20-21-22-28-41(4)31-25-38-46(7)39-26-32-43(6)45-36-34-44(35-37-45)33-24-30-42(5)29-23-27-40(2)3/h15-16,27,30,34,45H,4,6,8-14,17-26,28-29,31-33,35-39H2,1-3,5,7H3/b16-15-,42-30+. The fourth-order valence-corrected chi connectivity index (χ4v) is 6.74. The van der Waals surface area contributed by atoms with Gasteiger partial charge in [-0.2, -0.15) is 0 Å². The largest absolute Gasteiger partial charge is 0.306 e. The molecule has 0 fully saturated rings. The lowest BCUT2D eigenvalue weighted by Crippen LogP contribution is -2.21. The van der Waals surface area contributed by atoms with E-state index in [1.54, 1.807) is 11.1 Å². The Balaban J connectivity index is 1.99. The maximum absolute atomic E-state index is 4.51. The van der Waals surface area contributed by atoms with Gasteiger partial charge in [-0.15, -0.1) is 0 Å². The van der Waals surface area contributed by atoms with Gasteiger partial charge >= 0.3 is 0 Å². The third kappa shape index (κ3) is 25.5. The average Bonchev–Trinajstić information content (AvgIpc) is 3.03. The van der Waals surface area contributed by atoms with Crippen molar-refractivity contribution in [3.8, 4) is 0 Å². The third-order valence-electron chi connectivity index (χ3n) is 10.0. The van der Waals surface area contributed by atoms with Crippen LogP contribution in [-0.2, 0) is 0 Å². The zero-order valence-corrected chi connectivity index (χ0v) is 31.9. The molecule has 0 saturated carbocycles. The summed E-state index contributed by atoms with van der Waals surface area (Å²) in [5.41, 5.74) is 7.61. The predicted octanol–water partition coefficient (Wildman–Crippen LogP) is 14.8. The molecule has 0 aromatic rings. The summed E-state index contributed by atoms with van der Waals surface area (Å²) in [6.07, 6.45) is 44.8. The highest BCUT2D eigenvalue weighted by molar-refractivity contribution is 5.14. The number of allylic oxidation sites excluding steroid dienone is 10. The summed E-state index contributed by atoms with van der Waals surface area (Å²) >= 11 is 0. The number of hydrogen-bond acceptors (Lipinski definition) is 1. The van der Waals surface area contributed by atoms with Gasteiger partial charge in [0.05, 0.1) is 0 Å². The highest BCUT2D eigenvalue weighted by atomic mass is 15.1. The van der Waals surface area contributed by atoms with Crippen molar-refractivity contribution in [1.29, 1.82) is 0 Å². The molecule has 1 rings (SSSR count). The molecule has 0 spiro atoms. The molecule has 1 aliphatic rings. The molecule has 0 bridgehead atoms. The molecule has 1 heteroatoms. The minimum atomic E-state index is 0.704. The van der Waals surface area contributed by atoms with Crippen LogP contribution in [0.15, 0.2) is 71.4 Å². The van der Waals surface area contributed by atoms with E-state index in [0.717, 1.165) is 0 Å². The first-order chi connectivity index (χ1) is 22.3. The summed E-state index contributed by atoms with van der Waals surface area (Å²) in [6, 6.07) is 0. The van der Waals surface area contributed by atoms with E-state index in [1.807, 2.05) is 0 Å². The Hall–Kier alpha value is -1.60. The highest BCUT2D eigenvalue weighted by Crippen LogP contribution is 2.32. The molecule has 1 nitrogen and oxygen atoms in total. The molecule has 264 valence electrons. The molecular weight excluding hydrogens is 555 g/mol. The topological polar surface area (TPSA) is 3.24 Å². The SMILES string of the molecule is C=C(CCCCCCC/C=C\CCCCCCCC)CCCN(C)CCCC(=C)C1CC=C(CC/C=C(\C)CCC=C(C)C)CC1. The Labute approximate surface area is 289 Å². The van der Waals surface area contributed by atoms with Crippen molar-refractivity contribution in [1.82, 2.24) is 4.90 Å². The second kappa shape index (κ2) is 29.5. The van der Waals surface area contributed by atoms with Gasteiger partial charge in [-0.25, -0.2) is 0 Å². The Morgan fingerprint density at radius 1 is 0.717 bits per heavy atom. The van der Waals surface area contributed by atoms with E-state index in [1.165, 1.54) is 190 Å². The average molecular weight is 634 g/mol. The molecule has 0 amide bonds. The maximum Gasteiger partial charge on any atom is -0.00187 e. The molecule has 0 N–H and O–H groups in total. The number of hydrogen-bond donors (Lipinski definition) is 0. The lowest BCUT2D eigenvalue weighted by atomic mass is 9.82. The van der Waals surface area contributed by atoms with Crippen LogP contribution in [0.1, 0.15) is 188 Å². The summed E-state index contributed by atoms with van der Waals surface area (Å²) in [4.78, 5) is 2.52. The van der Waals surface area contributed by atoms with E-state index < -0.39 is 0 Å². The summed E-state index contributed by atoms with van der Waals surface area (Å²) in [5, 5.41) is 0. The van der Waals surface area contributed by atoms with Crippen molar-refractivity contribution in [2.24, 2.45) is 5.92 Å². The van der Waals surface area contributed by atoms with Crippen molar-refractivity contribution in [3.63, 3.8) is 0 Å². The molecule has 1 aliphatic carbocycles. The zero-order chi connectivity index (χ0) is 33.7. The molecule has 0 aliphatic heterocycles. The summed E-state index contributed by atoms with van der Waals surface area (Å²) < 4.78 is 0. The number of nitrogens with zero attached hydrogens (tertiary/aromatic N) is 1. The first kappa shape index (κ1) is 42.4. The van der Waals surface area contributed by atoms with Gasteiger partial charge in [-0.3, -0.25) is 0 Å². The van der Waals surface area contributed by atoms with Crippen LogP contribution >= 0.6 is 0 Å². The molecule has 0 aromatic carbocycles. The van der Waals surface area contributed by atoms with Crippen LogP contribution in [0.5, 0.6) is 0 Å². The van der Waals surface area contributed by atoms with Crippen molar-refractivity contribution in [2.45, 2.75) is 188 Å². The van der Waals surface area contributed by atoms with Crippen molar-refractivity contribution in [3.05, 3.63) is 71.4 Å². The van der Waals surface area contributed by atoms with Gasteiger partial charge in [0.15, 0.2) is 0 Å². The van der Waals surface area contributed by atoms with Gasteiger partial charge in [0.25, 0.3) is 0 Å². The van der Waals surface area contributed by atoms with Crippen LogP contribution in [0.3, 0.4) is 0 Å². The van der Waals surface area contributed by atoms with E-state index in [4.69, 9.17) is 0 Å². The van der Waals surface area contributed by atoms with Crippen LogP contribution in [0.2, 0.25) is 0 Å². The van der Waals surface area contributed by atoms with Gasteiger partial charge in [-0.1, -0.05) is 130 Å². The van der Waals surface area contributed by atoms with Crippen molar-refractivity contribution < 1.29 is 0 Å². The molecule has 46 heavy (non-hydrogen) atoms. The van der Waals surface area contributed by atoms with Crippen molar-refractivity contribution in [2.75, 3.05) is 20.1 Å². The quantitative estimate of drug-likeness (QED) is 0.0562. The number of unbranched alkanes of at least 4 members (excludes halogenated alkanes) is 11. The molecule has 0 heterocycles. The zero-order valence-electron chi connectivity index (χ0n) is 31.9. The maximum atomic E-state index is 4.51. The van der Waals surface area contributed by atoms with Crippen LogP contribution in [0, 0.1) is 5.92 Å². The van der Waals surface area contributed by atoms with Gasteiger partial charge < -0.3 is 4.90 Å². The van der Waals surface area contributed by atoms with E-state index in [9.17, 15) is 0 Å². The van der Waals surface area contributed by atoms with E-state index in [-0.39, 0.29) is 0 Å². The highest BCUT2D eigenvalue weighted by Gasteiger charge is 2.17. The van der Waals surface area contributed by atoms with Gasteiger partial charge in [0.1, 0.15) is 0 Å². The van der Waals surface area contributed by atoms with E-state index in [0.29, 0.717) is 5.92 Å². The third-order valence-corrected chi connectivity index (χ3v) is 10.0. The molecular formula is C45H79N. The minimum absolute atomic E-state index is 0.704. The van der Waals surface area contributed by atoms with Crippen LogP contribution in [0.25, 0.3) is 0 Å². The first-order valence-corrected chi connectivity index (χ1v) is 20.0. The molecule has 1 atom stereocenters. The van der Waals surface area contributed by atoms with Gasteiger partial charge in [0, 0.05) is 0 Å².